The highest BCUT2D eigenvalue weighted by atomic mass is 79.9. The highest BCUT2D eigenvalue weighted by Crippen LogP contribution is 2.36. The Morgan fingerprint density at radius 2 is 1.64 bits per heavy atom. The second kappa shape index (κ2) is 7.63. The van der Waals surface area contributed by atoms with Crippen LogP contribution >= 0.6 is 15.9 Å². The Morgan fingerprint density at radius 3 is 2.25 bits per heavy atom. The molecule has 0 unspecified atom stereocenters. The fourth-order valence-corrected chi connectivity index (χ4v) is 3.38. The van der Waals surface area contributed by atoms with E-state index in [4.69, 9.17) is 21.3 Å². The van der Waals surface area contributed by atoms with Crippen LogP contribution in [0.1, 0.15) is 10.4 Å². The molecule has 0 spiro atoms. The number of nitrogen functional groups attached to an aromatic ring is 1. The Hall–Kier alpha value is -2.88. The van der Waals surface area contributed by atoms with Gasteiger partial charge in [-0.15, -0.1) is 0 Å². The third-order valence-corrected chi connectivity index (χ3v) is 5.39. The van der Waals surface area contributed by atoms with Gasteiger partial charge < -0.3 is 16.2 Å². The van der Waals surface area contributed by atoms with Gasteiger partial charge in [-0.05, 0) is 47.5 Å². The van der Waals surface area contributed by atoms with E-state index in [1.807, 2.05) is 24.3 Å². The minimum atomic E-state index is -3.89. The summed E-state index contributed by atoms with van der Waals surface area (Å²) in [5.41, 5.74) is 13.1. The molecule has 3 aromatic rings. The zero-order chi connectivity index (χ0) is 20.5. The van der Waals surface area contributed by atoms with Crippen molar-refractivity contribution in [3.8, 4) is 22.6 Å². The zero-order valence-electron chi connectivity index (χ0n) is 14.4. The number of hydrogen-bond donors (Lipinski definition) is 3. The van der Waals surface area contributed by atoms with Crippen molar-refractivity contribution >= 4 is 37.5 Å². The number of primary amides is 1. The van der Waals surface area contributed by atoms with Crippen LogP contribution in [0.2, 0.25) is 0 Å². The number of amides is 1. The van der Waals surface area contributed by atoms with Crippen molar-refractivity contribution in [3.05, 3.63) is 70.7 Å². The number of hydrogen-bond acceptors (Lipinski definition) is 5. The number of rotatable bonds is 5. The van der Waals surface area contributed by atoms with Crippen LogP contribution in [-0.2, 0) is 10.0 Å². The smallest absolute Gasteiger partial charge is 0.250 e. The topological polar surface area (TPSA) is 138 Å². The number of sulfonamides is 1. The van der Waals surface area contributed by atoms with Crippen LogP contribution in [0.3, 0.4) is 0 Å². The van der Waals surface area contributed by atoms with E-state index in [1.54, 1.807) is 18.2 Å². The number of nitrogens with two attached hydrogens (primary N) is 3. The lowest BCUT2D eigenvalue weighted by Gasteiger charge is -2.14. The Balaban J connectivity index is 2.10. The van der Waals surface area contributed by atoms with Crippen molar-refractivity contribution in [2.24, 2.45) is 10.9 Å². The molecule has 0 bridgehead atoms. The van der Waals surface area contributed by atoms with E-state index in [-0.39, 0.29) is 27.6 Å². The number of benzene rings is 3. The van der Waals surface area contributed by atoms with E-state index in [1.165, 1.54) is 18.2 Å². The van der Waals surface area contributed by atoms with Crippen molar-refractivity contribution < 1.29 is 17.9 Å². The summed E-state index contributed by atoms with van der Waals surface area (Å²) < 4.78 is 29.8. The average Bonchev–Trinajstić information content (AvgIpc) is 2.63. The first-order valence-corrected chi connectivity index (χ1v) is 10.3. The third kappa shape index (κ3) is 4.33. The van der Waals surface area contributed by atoms with E-state index in [9.17, 15) is 13.2 Å². The van der Waals surface area contributed by atoms with Crippen molar-refractivity contribution in [1.29, 1.82) is 0 Å². The van der Waals surface area contributed by atoms with Gasteiger partial charge in [0, 0.05) is 10.5 Å². The highest BCUT2D eigenvalue weighted by Gasteiger charge is 2.16. The van der Waals surface area contributed by atoms with Gasteiger partial charge in [0.2, 0.25) is 10.0 Å². The van der Waals surface area contributed by atoms with E-state index < -0.39 is 15.9 Å². The van der Waals surface area contributed by atoms with Gasteiger partial charge >= 0.3 is 0 Å². The molecule has 0 aliphatic heterocycles. The van der Waals surface area contributed by atoms with E-state index in [0.717, 1.165) is 10.0 Å². The second-order valence-electron chi connectivity index (χ2n) is 5.93. The first kappa shape index (κ1) is 19.9. The minimum absolute atomic E-state index is 0.0503. The predicted octanol–water partition coefficient (Wildman–Crippen LogP) is 3.24. The molecule has 1 amide bonds. The van der Waals surface area contributed by atoms with Gasteiger partial charge in [-0.3, -0.25) is 4.79 Å². The lowest BCUT2D eigenvalue weighted by Crippen LogP contribution is -2.14. The number of carbonyl (C=O) groups is 1. The molecule has 3 aromatic carbocycles. The Labute approximate surface area is 170 Å². The number of anilines is 1. The van der Waals surface area contributed by atoms with Crippen LogP contribution in [0.4, 0.5) is 5.69 Å². The summed E-state index contributed by atoms with van der Waals surface area (Å²) in [4.78, 5) is 11.7. The van der Waals surface area contributed by atoms with E-state index in [2.05, 4.69) is 15.9 Å². The molecule has 0 aliphatic rings. The van der Waals surface area contributed by atoms with Crippen molar-refractivity contribution in [2.75, 3.05) is 5.73 Å². The Kier molecular flexibility index (Phi) is 5.41. The Bertz CT molecular complexity index is 1160. The molecule has 0 saturated carbocycles. The molecule has 0 aliphatic carbocycles. The normalized spacial score (nSPS) is 11.2. The maximum Gasteiger partial charge on any atom is 0.250 e. The quantitative estimate of drug-likeness (QED) is 0.500. The summed E-state index contributed by atoms with van der Waals surface area (Å²) >= 11 is 3.37. The molecule has 144 valence electrons. The fourth-order valence-electron chi connectivity index (χ4n) is 2.57. The molecule has 0 radical (unpaired) electrons. The molecular formula is C19H16BrN3O4S. The lowest BCUT2D eigenvalue weighted by molar-refractivity contribution is 0.100. The summed E-state index contributed by atoms with van der Waals surface area (Å²) in [5.74, 6) is -0.345. The van der Waals surface area contributed by atoms with Crippen molar-refractivity contribution in [2.45, 2.75) is 4.90 Å². The molecule has 9 heteroatoms. The van der Waals surface area contributed by atoms with Gasteiger partial charge in [-0.2, -0.15) is 0 Å². The number of primary sulfonamides is 1. The molecule has 0 heterocycles. The molecule has 0 aromatic heterocycles. The van der Waals surface area contributed by atoms with Crippen LogP contribution in [0.25, 0.3) is 11.1 Å². The first-order chi connectivity index (χ1) is 13.1. The van der Waals surface area contributed by atoms with Crippen LogP contribution in [-0.4, -0.2) is 14.3 Å². The molecule has 3 rings (SSSR count). The van der Waals surface area contributed by atoms with Crippen LogP contribution in [0.15, 0.2) is 70.0 Å². The number of halogens is 1. The summed E-state index contributed by atoms with van der Waals surface area (Å²) in [6.45, 7) is 0. The minimum Gasteiger partial charge on any atom is -0.455 e. The summed E-state index contributed by atoms with van der Waals surface area (Å²) in [6.07, 6.45) is 0. The van der Waals surface area contributed by atoms with Gasteiger partial charge in [0.1, 0.15) is 5.75 Å². The standard InChI is InChI=1S/C19H16BrN3O4S/c20-13-6-4-11(5-7-13)12-8-16(19(22)24)18(21)17(9-12)27-14-2-1-3-15(10-14)28(23,25)26/h1-10H,21H2,(H2,22,24)(H2,23,25,26). The van der Waals surface area contributed by atoms with Crippen LogP contribution in [0.5, 0.6) is 11.5 Å². The lowest BCUT2D eigenvalue weighted by atomic mass is 10.0. The van der Waals surface area contributed by atoms with Crippen molar-refractivity contribution in [3.63, 3.8) is 0 Å². The molecule has 28 heavy (non-hydrogen) atoms. The largest absolute Gasteiger partial charge is 0.455 e. The number of carbonyl (C=O) groups excluding carboxylic acids is 1. The first-order valence-electron chi connectivity index (χ1n) is 7.95. The summed E-state index contributed by atoms with van der Waals surface area (Å²) in [5, 5.41) is 5.15. The van der Waals surface area contributed by atoms with Gasteiger partial charge in [0.15, 0.2) is 5.75 Å². The summed E-state index contributed by atoms with van der Waals surface area (Å²) in [6, 6.07) is 16.3. The fraction of sp³-hybridized carbons (Fsp3) is 0. The molecule has 0 fully saturated rings. The molecule has 0 atom stereocenters. The maximum absolute atomic E-state index is 11.8. The van der Waals surface area contributed by atoms with E-state index >= 15 is 0 Å². The van der Waals surface area contributed by atoms with Crippen molar-refractivity contribution in [1.82, 2.24) is 0 Å². The predicted molar refractivity (Wildman–Crippen MR) is 110 cm³/mol. The highest BCUT2D eigenvalue weighted by molar-refractivity contribution is 9.10. The van der Waals surface area contributed by atoms with Gasteiger partial charge in [-0.25, -0.2) is 13.6 Å². The van der Waals surface area contributed by atoms with E-state index in [0.29, 0.717) is 5.56 Å². The van der Waals surface area contributed by atoms with Crippen LogP contribution < -0.4 is 21.3 Å². The molecule has 0 saturated heterocycles. The maximum atomic E-state index is 11.8. The van der Waals surface area contributed by atoms with Gasteiger partial charge in [-0.1, -0.05) is 34.1 Å². The third-order valence-electron chi connectivity index (χ3n) is 3.95. The monoisotopic (exact) mass is 461 g/mol. The zero-order valence-corrected chi connectivity index (χ0v) is 16.8. The molecule has 7 nitrogen and oxygen atoms in total. The van der Waals surface area contributed by atoms with Crippen LogP contribution in [0, 0.1) is 0 Å². The summed E-state index contributed by atoms with van der Waals surface area (Å²) in [7, 11) is -3.89. The molecule has 6 N–H and O–H groups in total. The SMILES string of the molecule is NC(=O)c1cc(-c2ccc(Br)cc2)cc(Oc2cccc(S(N)(=O)=O)c2)c1N. The molecular weight excluding hydrogens is 446 g/mol. The Morgan fingerprint density at radius 1 is 0.964 bits per heavy atom. The average molecular weight is 462 g/mol. The van der Waals surface area contributed by atoms with Gasteiger partial charge in [0.05, 0.1) is 16.1 Å². The van der Waals surface area contributed by atoms with Gasteiger partial charge in [0.25, 0.3) is 5.91 Å². The second-order valence-corrected chi connectivity index (χ2v) is 8.41. The number of ether oxygens (including phenoxy) is 1.